The molecule has 0 amide bonds. The van der Waals surface area contributed by atoms with Gasteiger partial charge in [0.05, 0.1) is 22.5 Å². The summed E-state index contributed by atoms with van der Waals surface area (Å²) >= 11 is 1.70. The maximum absolute atomic E-state index is 5.58. The van der Waals surface area contributed by atoms with Gasteiger partial charge in [0.25, 0.3) is 0 Å². The van der Waals surface area contributed by atoms with Gasteiger partial charge in [-0.2, -0.15) is 0 Å². The van der Waals surface area contributed by atoms with Gasteiger partial charge >= 0.3 is 0 Å². The molecule has 2 heterocycles. The number of fused-ring (bicyclic) bond motifs is 3. The number of nitrogens with zero attached hydrogens (tertiary/aromatic N) is 2. The molecular formula is C19H18N2OS. The largest absolute Gasteiger partial charge is 0.494 e. The Labute approximate surface area is 139 Å². The third kappa shape index (κ3) is 2.49. The van der Waals surface area contributed by atoms with Crippen LogP contribution >= 0.6 is 11.3 Å². The van der Waals surface area contributed by atoms with Crippen LogP contribution in [0.25, 0.3) is 26.4 Å². The number of hydrogen-bond acceptors (Lipinski definition) is 3. The SMILES string of the molecule is CCOc1ccc2c(c1)sc1nc(-c3ccc(CC)cc3)cn12. The molecule has 4 rings (SSSR count). The van der Waals surface area contributed by atoms with Crippen LogP contribution in [0.15, 0.2) is 48.7 Å². The van der Waals surface area contributed by atoms with E-state index in [1.54, 1.807) is 11.3 Å². The van der Waals surface area contributed by atoms with Gasteiger partial charge in [-0.1, -0.05) is 42.5 Å². The van der Waals surface area contributed by atoms with E-state index in [9.17, 15) is 0 Å². The van der Waals surface area contributed by atoms with Crippen molar-refractivity contribution in [1.29, 1.82) is 0 Å². The minimum absolute atomic E-state index is 0.686. The van der Waals surface area contributed by atoms with Gasteiger partial charge in [-0.25, -0.2) is 4.98 Å². The lowest BCUT2D eigenvalue weighted by Crippen LogP contribution is -1.90. The Morgan fingerprint density at radius 2 is 1.91 bits per heavy atom. The first kappa shape index (κ1) is 14.3. The first-order chi connectivity index (χ1) is 11.3. The fourth-order valence-electron chi connectivity index (χ4n) is 2.79. The molecule has 23 heavy (non-hydrogen) atoms. The molecule has 0 unspecified atom stereocenters. The molecule has 0 aliphatic carbocycles. The topological polar surface area (TPSA) is 26.5 Å². The second kappa shape index (κ2) is 5.70. The average Bonchev–Trinajstić information content (AvgIpc) is 3.12. The number of thiazole rings is 1. The zero-order chi connectivity index (χ0) is 15.8. The second-order valence-electron chi connectivity index (χ2n) is 5.49. The standard InChI is InChI=1S/C19H18N2OS/c1-3-13-5-7-14(8-6-13)16-12-21-17-10-9-15(22-4-2)11-18(17)23-19(21)20-16/h5-12H,3-4H2,1-2H3. The molecule has 0 aliphatic heterocycles. The quantitative estimate of drug-likeness (QED) is 0.518. The van der Waals surface area contributed by atoms with Crippen molar-refractivity contribution >= 4 is 26.5 Å². The molecule has 0 atom stereocenters. The van der Waals surface area contributed by atoms with Crippen molar-refractivity contribution in [3.8, 4) is 17.0 Å². The van der Waals surface area contributed by atoms with Crippen LogP contribution in [-0.2, 0) is 6.42 Å². The maximum Gasteiger partial charge on any atom is 0.195 e. The van der Waals surface area contributed by atoms with Gasteiger partial charge in [0.1, 0.15) is 5.75 Å². The summed E-state index contributed by atoms with van der Waals surface area (Å²) in [5.74, 6) is 0.917. The minimum Gasteiger partial charge on any atom is -0.494 e. The molecule has 0 fully saturated rings. The lowest BCUT2D eigenvalue weighted by atomic mass is 10.1. The molecule has 2 aromatic heterocycles. The average molecular weight is 322 g/mol. The van der Waals surface area contributed by atoms with Gasteiger partial charge in [0.15, 0.2) is 4.96 Å². The summed E-state index contributed by atoms with van der Waals surface area (Å²) in [4.78, 5) is 5.81. The highest BCUT2D eigenvalue weighted by Crippen LogP contribution is 2.31. The van der Waals surface area contributed by atoms with E-state index in [2.05, 4.69) is 53.9 Å². The summed E-state index contributed by atoms with van der Waals surface area (Å²) in [6.45, 7) is 4.86. The highest BCUT2D eigenvalue weighted by Gasteiger charge is 2.11. The number of hydrogen-bond donors (Lipinski definition) is 0. The number of aryl methyl sites for hydroxylation is 1. The normalized spacial score (nSPS) is 11.4. The van der Waals surface area contributed by atoms with E-state index >= 15 is 0 Å². The molecule has 3 nitrogen and oxygen atoms in total. The van der Waals surface area contributed by atoms with Crippen molar-refractivity contribution in [1.82, 2.24) is 9.38 Å². The van der Waals surface area contributed by atoms with Crippen molar-refractivity contribution < 1.29 is 4.74 Å². The van der Waals surface area contributed by atoms with Crippen molar-refractivity contribution in [3.05, 3.63) is 54.2 Å². The van der Waals surface area contributed by atoms with Crippen LogP contribution in [0.2, 0.25) is 0 Å². The third-order valence-electron chi connectivity index (χ3n) is 4.03. The number of ether oxygens (including phenoxy) is 1. The molecule has 0 bridgehead atoms. The van der Waals surface area contributed by atoms with Gasteiger partial charge in [0, 0.05) is 11.8 Å². The monoisotopic (exact) mass is 322 g/mol. The first-order valence-electron chi connectivity index (χ1n) is 7.92. The summed E-state index contributed by atoms with van der Waals surface area (Å²) in [6.07, 6.45) is 3.18. The Balaban J connectivity index is 1.78. The summed E-state index contributed by atoms with van der Waals surface area (Å²) < 4.78 is 8.94. The lowest BCUT2D eigenvalue weighted by molar-refractivity contribution is 0.341. The third-order valence-corrected chi connectivity index (χ3v) is 5.05. The van der Waals surface area contributed by atoms with Crippen molar-refractivity contribution in [2.45, 2.75) is 20.3 Å². The molecule has 0 aliphatic rings. The number of aromatic nitrogens is 2. The van der Waals surface area contributed by atoms with Gasteiger partial charge in [-0.3, -0.25) is 4.40 Å². The number of imidazole rings is 1. The zero-order valence-electron chi connectivity index (χ0n) is 13.2. The predicted octanol–water partition coefficient (Wildman–Crippen LogP) is 5.18. The van der Waals surface area contributed by atoms with Crippen molar-refractivity contribution in [2.24, 2.45) is 0 Å². The maximum atomic E-state index is 5.58. The van der Waals surface area contributed by atoms with Crippen LogP contribution < -0.4 is 4.74 Å². The Hall–Kier alpha value is -2.33. The Morgan fingerprint density at radius 1 is 1.09 bits per heavy atom. The summed E-state index contributed by atoms with van der Waals surface area (Å²) in [6, 6.07) is 14.9. The smallest absolute Gasteiger partial charge is 0.195 e. The fraction of sp³-hybridized carbons (Fsp3) is 0.211. The molecule has 0 saturated carbocycles. The van der Waals surface area contributed by atoms with E-state index < -0.39 is 0 Å². The van der Waals surface area contributed by atoms with Gasteiger partial charge in [0.2, 0.25) is 0 Å². The molecule has 116 valence electrons. The Bertz CT molecular complexity index is 966. The summed E-state index contributed by atoms with van der Waals surface area (Å²) in [5.41, 5.74) is 4.72. The van der Waals surface area contributed by atoms with Gasteiger partial charge < -0.3 is 4.74 Å². The van der Waals surface area contributed by atoms with Crippen LogP contribution in [0.4, 0.5) is 0 Å². The first-order valence-corrected chi connectivity index (χ1v) is 8.74. The highest BCUT2D eigenvalue weighted by molar-refractivity contribution is 7.23. The van der Waals surface area contributed by atoms with E-state index in [0.29, 0.717) is 6.61 Å². The molecule has 0 radical (unpaired) electrons. The van der Waals surface area contributed by atoms with Crippen LogP contribution in [0, 0.1) is 0 Å². The van der Waals surface area contributed by atoms with E-state index in [1.165, 1.54) is 15.8 Å². The van der Waals surface area contributed by atoms with Crippen LogP contribution in [0.5, 0.6) is 5.75 Å². The summed E-state index contributed by atoms with van der Waals surface area (Å²) in [7, 11) is 0. The molecule has 4 heteroatoms. The number of rotatable bonds is 4. The number of benzene rings is 2. The van der Waals surface area contributed by atoms with Crippen LogP contribution in [-0.4, -0.2) is 16.0 Å². The molecule has 0 saturated heterocycles. The Morgan fingerprint density at radius 3 is 2.65 bits per heavy atom. The van der Waals surface area contributed by atoms with Gasteiger partial charge in [-0.15, -0.1) is 0 Å². The van der Waals surface area contributed by atoms with Crippen LogP contribution in [0.3, 0.4) is 0 Å². The zero-order valence-corrected chi connectivity index (χ0v) is 14.1. The van der Waals surface area contributed by atoms with E-state index in [4.69, 9.17) is 9.72 Å². The highest BCUT2D eigenvalue weighted by atomic mass is 32.1. The fourth-order valence-corrected chi connectivity index (χ4v) is 3.82. The molecule has 2 aromatic carbocycles. The molecule has 0 spiro atoms. The van der Waals surface area contributed by atoms with E-state index in [-0.39, 0.29) is 0 Å². The van der Waals surface area contributed by atoms with Crippen LogP contribution in [0.1, 0.15) is 19.4 Å². The predicted molar refractivity (Wildman–Crippen MR) is 96.6 cm³/mol. The van der Waals surface area contributed by atoms with E-state index in [0.717, 1.165) is 28.4 Å². The minimum atomic E-state index is 0.686. The van der Waals surface area contributed by atoms with Crippen molar-refractivity contribution in [3.63, 3.8) is 0 Å². The molecular weight excluding hydrogens is 304 g/mol. The molecule has 4 aromatic rings. The summed E-state index contributed by atoms with van der Waals surface area (Å²) in [5, 5.41) is 0. The van der Waals surface area contributed by atoms with Gasteiger partial charge in [-0.05, 0) is 37.1 Å². The second-order valence-corrected chi connectivity index (χ2v) is 6.50. The molecule has 0 N–H and O–H groups in total. The van der Waals surface area contributed by atoms with E-state index in [1.807, 2.05) is 13.0 Å². The lowest BCUT2D eigenvalue weighted by Gasteiger charge is -2.02. The van der Waals surface area contributed by atoms with Crippen molar-refractivity contribution in [2.75, 3.05) is 6.61 Å². The Kier molecular flexibility index (Phi) is 3.54.